The maximum atomic E-state index is 3.72. The van der Waals surface area contributed by atoms with E-state index in [1.807, 2.05) is 0 Å². The third-order valence-electron chi connectivity index (χ3n) is 4.55. The summed E-state index contributed by atoms with van der Waals surface area (Å²) in [6, 6.07) is 7.04. The molecule has 0 saturated heterocycles. The van der Waals surface area contributed by atoms with E-state index in [9.17, 15) is 0 Å². The largest absolute Gasteiger partial charge is 0.311 e. The lowest BCUT2D eigenvalue weighted by atomic mass is 9.59. The molecule has 19 heavy (non-hydrogen) atoms. The Balaban J connectivity index is 2.22. The molecule has 1 nitrogen and oxygen atoms in total. The Hall–Kier alpha value is -0.820. The average molecular weight is 259 g/mol. The number of aryl methyl sites for hydroxylation is 2. The Morgan fingerprint density at radius 1 is 1.16 bits per heavy atom. The molecule has 1 saturated carbocycles. The van der Waals surface area contributed by atoms with Crippen LogP contribution < -0.4 is 5.32 Å². The van der Waals surface area contributed by atoms with Crippen molar-refractivity contribution in [2.45, 2.75) is 65.3 Å². The van der Waals surface area contributed by atoms with E-state index in [-0.39, 0.29) is 5.54 Å². The number of hydrogen-bond acceptors (Lipinski definition) is 1. The molecule has 1 aromatic carbocycles. The first-order valence-corrected chi connectivity index (χ1v) is 7.55. The van der Waals surface area contributed by atoms with E-state index in [1.54, 1.807) is 0 Å². The lowest BCUT2D eigenvalue weighted by Crippen LogP contribution is -2.52. The zero-order valence-corrected chi connectivity index (χ0v) is 13.4. The smallest absolute Gasteiger partial charge is 0.00968 e. The zero-order chi connectivity index (χ0) is 14.3. The van der Waals surface area contributed by atoms with Crippen LogP contribution in [0.3, 0.4) is 0 Å². The first-order valence-electron chi connectivity index (χ1n) is 7.55. The second-order valence-corrected chi connectivity index (χ2v) is 7.70. The van der Waals surface area contributed by atoms with Crippen LogP contribution in [0.5, 0.6) is 0 Å². The van der Waals surface area contributed by atoms with E-state index in [2.05, 4.69) is 65.1 Å². The van der Waals surface area contributed by atoms with Crippen molar-refractivity contribution in [3.63, 3.8) is 0 Å². The summed E-state index contributed by atoms with van der Waals surface area (Å²) in [6.07, 6.45) is 2.64. The van der Waals surface area contributed by atoms with Gasteiger partial charge in [-0.05, 0) is 70.1 Å². The predicted octanol–water partition coefficient (Wildman–Crippen LogP) is 4.36. The molecule has 2 rings (SSSR count). The normalized spacial score (nSPS) is 27.2. The van der Waals surface area contributed by atoms with Gasteiger partial charge in [0.15, 0.2) is 0 Å². The molecule has 1 N–H and O–H groups in total. The first-order chi connectivity index (χ1) is 8.72. The van der Waals surface area contributed by atoms with E-state index in [4.69, 9.17) is 0 Å². The minimum Gasteiger partial charge on any atom is -0.311 e. The van der Waals surface area contributed by atoms with Gasteiger partial charge in [-0.2, -0.15) is 0 Å². The zero-order valence-electron chi connectivity index (χ0n) is 13.4. The van der Waals surface area contributed by atoms with Crippen LogP contribution in [0.4, 0.5) is 0 Å². The summed E-state index contributed by atoms with van der Waals surface area (Å²) in [7, 11) is 0. The molecule has 0 aromatic heterocycles. The summed E-state index contributed by atoms with van der Waals surface area (Å²) in [6.45, 7) is 14.7. The number of nitrogens with one attached hydrogen (secondary N) is 1. The van der Waals surface area contributed by atoms with E-state index in [0.717, 1.165) is 12.5 Å². The van der Waals surface area contributed by atoms with Crippen molar-refractivity contribution < 1.29 is 0 Å². The number of benzene rings is 1. The lowest BCUT2D eigenvalue weighted by Gasteiger charge is -2.48. The molecule has 0 radical (unpaired) electrons. The van der Waals surface area contributed by atoms with E-state index in [0.29, 0.717) is 5.41 Å². The second kappa shape index (κ2) is 4.94. The van der Waals surface area contributed by atoms with Gasteiger partial charge in [-0.15, -0.1) is 0 Å². The van der Waals surface area contributed by atoms with Gasteiger partial charge in [-0.25, -0.2) is 0 Å². The van der Waals surface area contributed by atoms with Gasteiger partial charge in [0.2, 0.25) is 0 Å². The van der Waals surface area contributed by atoms with Crippen molar-refractivity contribution >= 4 is 0 Å². The maximum absolute atomic E-state index is 3.72. The van der Waals surface area contributed by atoms with Gasteiger partial charge >= 0.3 is 0 Å². The summed E-state index contributed by atoms with van der Waals surface area (Å²) < 4.78 is 0. The summed E-state index contributed by atoms with van der Waals surface area (Å²) in [5, 5.41) is 3.72. The van der Waals surface area contributed by atoms with Crippen molar-refractivity contribution in [1.82, 2.24) is 5.32 Å². The minimum absolute atomic E-state index is 0.200. The monoisotopic (exact) mass is 259 g/mol. The second-order valence-electron chi connectivity index (χ2n) is 7.70. The fourth-order valence-electron chi connectivity index (χ4n) is 3.26. The molecule has 0 bridgehead atoms. The first kappa shape index (κ1) is 14.6. The number of hydrogen-bond donors (Lipinski definition) is 1. The van der Waals surface area contributed by atoms with Crippen LogP contribution in [0.1, 0.15) is 57.2 Å². The highest BCUT2D eigenvalue weighted by atomic mass is 15.0. The van der Waals surface area contributed by atoms with E-state index < -0.39 is 0 Å². The van der Waals surface area contributed by atoms with Crippen molar-refractivity contribution in [1.29, 1.82) is 0 Å². The molecule has 0 heterocycles. The Labute approximate surface area is 118 Å². The van der Waals surface area contributed by atoms with Gasteiger partial charge < -0.3 is 5.32 Å². The van der Waals surface area contributed by atoms with Gasteiger partial charge in [-0.1, -0.05) is 25.1 Å². The van der Waals surface area contributed by atoms with Crippen LogP contribution in [-0.2, 0) is 5.41 Å². The van der Waals surface area contributed by atoms with Gasteiger partial charge in [-0.3, -0.25) is 0 Å². The molecule has 1 fully saturated rings. The van der Waals surface area contributed by atoms with Crippen molar-refractivity contribution in [3.05, 3.63) is 34.9 Å². The Morgan fingerprint density at radius 3 is 2.26 bits per heavy atom. The van der Waals surface area contributed by atoms with Crippen LogP contribution >= 0.6 is 0 Å². The fourth-order valence-corrected chi connectivity index (χ4v) is 3.26. The number of rotatable bonds is 3. The molecule has 1 heteroatoms. The average Bonchev–Trinajstić information content (AvgIpc) is 2.25. The standard InChI is InChI=1S/C18H29N/c1-13-10-18(11-13,12-19-17(4,5)6)16-8-7-14(2)15(3)9-16/h7-9,13,19H,10-12H2,1-6H3. The van der Waals surface area contributed by atoms with Gasteiger partial charge in [0.25, 0.3) is 0 Å². The molecule has 106 valence electrons. The van der Waals surface area contributed by atoms with Crippen LogP contribution in [0.25, 0.3) is 0 Å². The third kappa shape index (κ3) is 3.20. The highest BCUT2D eigenvalue weighted by Gasteiger charge is 2.43. The van der Waals surface area contributed by atoms with Gasteiger partial charge in [0.1, 0.15) is 0 Å². The topological polar surface area (TPSA) is 12.0 Å². The maximum Gasteiger partial charge on any atom is 0.00968 e. The van der Waals surface area contributed by atoms with E-state index in [1.165, 1.54) is 29.5 Å². The quantitative estimate of drug-likeness (QED) is 0.850. The van der Waals surface area contributed by atoms with Crippen molar-refractivity contribution in [2.24, 2.45) is 5.92 Å². The van der Waals surface area contributed by atoms with Gasteiger partial charge in [0.05, 0.1) is 0 Å². The summed E-state index contributed by atoms with van der Waals surface area (Å²) in [5.41, 5.74) is 4.92. The highest BCUT2D eigenvalue weighted by Crippen LogP contribution is 2.47. The summed E-state index contributed by atoms with van der Waals surface area (Å²) in [4.78, 5) is 0. The molecule has 1 aliphatic carbocycles. The van der Waals surface area contributed by atoms with Crippen molar-refractivity contribution in [2.75, 3.05) is 6.54 Å². The van der Waals surface area contributed by atoms with Crippen LogP contribution in [0, 0.1) is 19.8 Å². The van der Waals surface area contributed by atoms with Crippen LogP contribution in [0.2, 0.25) is 0 Å². The summed E-state index contributed by atoms with van der Waals surface area (Å²) >= 11 is 0. The molecule has 0 unspecified atom stereocenters. The molecule has 0 spiro atoms. The molecule has 0 atom stereocenters. The fraction of sp³-hybridized carbons (Fsp3) is 0.667. The molecule has 1 aliphatic rings. The van der Waals surface area contributed by atoms with E-state index >= 15 is 0 Å². The lowest BCUT2D eigenvalue weighted by molar-refractivity contribution is 0.142. The molecular weight excluding hydrogens is 230 g/mol. The molecule has 0 amide bonds. The third-order valence-corrected chi connectivity index (χ3v) is 4.55. The van der Waals surface area contributed by atoms with Crippen LogP contribution in [0.15, 0.2) is 18.2 Å². The SMILES string of the molecule is Cc1ccc(C2(CNC(C)(C)C)CC(C)C2)cc1C. The Bertz CT molecular complexity index is 447. The van der Waals surface area contributed by atoms with Crippen molar-refractivity contribution in [3.8, 4) is 0 Å². The molecule has 0 aliphatic heterocycles. The molecule has 1 aromatic rings. The highest BCUT2D eigenvalue weighted by molar-refractivity contribution is 5.37. The van der Waals surface area contributed by atoms with Crippen LogP contribution in [-0.4, -0.2) is 12.1 Å². The Kier molecular flexibility index (Phi) is 3.79. The predicted molar refractivity (Wildman–Crippen MR) is 83.7 cm³/mol. The Morgan fingerprint density at radius 2 is 1.79 bits per heavy atom. The van der Waals surface area contributed by atoms with Gasteiger partial charge in [0, 0.05) is 17.5 Å². The minimum atomic E-state index is 0.200. The molecular formula is C18H29N. The summed E-state index contributed by atoms with van der Waals surface area (Å²) in [5.74, 6) is 0.864.